The van der Waals surface area contributed by atoms with Crippen molar-refractivity contribution in [1.29, 1.82) is 0 Å². The van der Waals surface area contributed by atoms with Gasteiger partial charge in [0.2, 0.25) is 0 Å². The van der Waals surface area contributed by atoms with Crippen molar-refractivity contribution in [3.05, 3.63) is 228 Å². The first-order chi connectivity index (χ1) is 27.7. The Morgan fingerprint density at radius 3 is 1.89 bits per heavy atom. The zero-order valence-electron chi connectivity index (χ0n) is 31.4. The van der Waals surface area contributed by atoms with E-state index in [-0.39, 0.29) is 5.91 Å². The van der Waals surface area contributed by atoms with E-state index in [4.69, 9.17) is 4.98 Å². The number of carbonyl (C=O) groups is 1. The van der Waals surface area contributed by atoms with Gasteiger partial charge in [0.1, 0.15) is 11.4 Å². The summed E-state index contributed by atoms with van der Waals surface area (Å²) >= 11 is 0. The van der Waals surface area contributed by atoms with Gasteiger partial charge in [0.15, 0.2) is 0 Å². The second-order valence-electron chi connectivity index (χ2n) is 14.6. The summed E-state index contributed by atoms with van der Waals surface area (Å²) in [7, 11) is 0. The molecule has 274 valence electrons. The molecule has 1 aliphatic heterocycles. The van der Waals surface area contributed by atoms with E-state index in [9.17, 15) is 4.79 Å². The number of hydrogen-bond acceptors (Lipinski definition) is 3. The van der Waals surface area contributed by atoms with Crippen molar-refractivity contribution in [3.63, 3.8) is 0 Å². The van der Waals surface area contributed by atoms with Crippen LogP contribution in [0.1, 0.15) is 44.9 Å². The highest BCUT2D eigenvalue weighted by Gasteiger charge is 2.39. The average molecular weight is 729 g/mol. The monoisotopic (exact) mass is 728 g/mol. The highest BCUT2D eigenvalue weighted by atomic mass is 16.2. The molecule has 1 aromatic heterocycles. The van der Waals surface area contributed by atoms with Crippen LogP contribution < -0.4 is 4.90 Å². The smallest absolute Gasteiger partial charge is 0.254 e. The number of aryl methyl sites for hydroxylation is 1. The van der Waals surface area contributed by atoms with Crippen molar-refractivity contribution in [1.82, 2.24) is 14.5 Å². The van der Waals surface area contributed by atoms with Crippen molar-refractivity contribution < 1.29 is 4.79 Å². The van der Waals surface area contributed by atoms with Crippen molar-refractivity contribution in [2.45, 2.75) is 24.9 Å². The molecule has 0 saturated heterocycles. The molecule has 0 aliphatic carbocycles. The van der Waals surface area contributed by atoms with E-state index in [1.165, 1.54) is 27.9 Å². The van der Waals surface area contributed by atoms with Crippen molar-refractivity contribution in [2.75, 3.05) is 24.5 Å². The Kier molecular flexibility index (Phi) is 9.73. The summed E-state index contributed by atoms with van der Waals surface area (Å²) in [4.78, 5) is 23.9. The zero-order valence-corrected chi connectivity index (χ0v) is 31.4. The summed E-state index contributed by atoms with van der Waals surface area (Å²) in [5, 5.41) is 2.07. The van der Waals surface area contributed by atoms with Gasteiger partial charge in [-0.1, -0.05) is 164 Å². The number of aromatic nitrogens is 2. The average Bonchev–Trinajstić information content (AvgIpc) is 3.66. The first kappa shape index (κ1) is 35.0. The molecule has 0 fully saturated rings. The topological polar surface area (TPSA) is 41.4 Å². The summed E-state index contributed by atoms with van der Waals surface area (Å²) in [6.45, 7) is 2.75. The predicted molar refractivity (Wildman–Crippen MR) is 228 cm³/mol. The molecule has 0 unspecified atom stereocenters. The van der Waals surface area contributed by atoms with Gasteiger partial charge in [0, 0.05) is 56.2 Å². The number of imidazole rings is 1. The van der Waals surface area contributed by atoms with Crippen LogP contribution in [-0.2, 0) is 18.5 Å². The Bertz CT molecular complexity index is 2460. The van der Waals surface area contributed by atoms with Gasteiger partial charge in [-0.2, -0.15) is 0 Å². The van der Waals surface area contributed by atoms with Crippen LogP contribution in [0.15, 0.2) is 194 Å². The van der Waals surface area contributed by atoms with Gasteiger partial charge in [-0.25, -0.2) is 4.98 Å². The molecule has 0 bridgehead atoms. The number of rotatable bonds is 10. The normalized spacial score (nSPS) is 13.0. The van der Waals surface area contributed by atoms with Crippen LogP contribution in [0.2, 0.25) is 0 Å². The summed E-state index contributed by atoms with van der Waals surface area (Å²) in [5.74, 6) is 1.10. The summed E-state index contributed by atoms with van der Waals surface area (Å²) in [6.07, 6.45) is 5.77. The quantitative estimate of drug-likeness (QED) is 0.132. The minimum atomic E-state index is -0.610. The molecule has 8 aromatic rings. The highest BCUT2D eigenvalue weighted by molar-refractivity contribution is 6.07. The third-order valence-electron chi connectivity index (χ3n) is 11.3. The maximum Gasteiger partial charge on any atom is 0.254 e. The van der Waals surface area contributed by atoms with Crippen LogP contribution in [0.3, 0.4) is 0 Å². The van der Waals surface area contributed by atoms with Crippen molar-refractivity contribution in [2.24, 2.45) is 0 Å². The van der Waals surface area contributed by atoms with Crippen LogP contribution in [0, 0.1) is 0 Å². The lowest BCUT2D eigenvalue weighted by Gasteiger charge is -2.38. The molecule has 5 heteroatoms. The lowest BCUT2D eigenvalue weighted by atomic mass is 9.76. The fourth-order valence-corrected chi connectivity index (χ4v) is 8.67. The molecule has 9 rings (SSSR count). The molecular formula is C51H44N4O. The van der Waals surface area contributed by atoms with E-state index >= 15 is 0 Å². The lowest BCUT2D eigenvalue weighted by molar-refractivity contribution is 0.0753. The summed E-state index contributed by atoms with van der Waals surface area (Å²) < 4.78 is 2.39. The minimum absolute atomic E-state index is 0.0702. The first-order valence-electron chi connectivity index (χ1n) is 19.6. The lowest BCUT2D eigenvalue weighted by Crippen LogP contribution is -2.39. The molecule has 5 nitrogen and oxygen atoms in total. The van der Waals surface area contributed by atoms with Crippen LogP contribution in [0.5, 0.6) is 0 Å². The van der Waals surface area contributed by atoms with Gasteiger partial charge in [0.25, 0.3) is 5.91 Å². The molecule has 0 saturated carbocycles. The van der Waals surface area contributed by atoms with E-state index in [2.05, 4.69) is 167 Å². The van der Waals surface area contributed by atoms with Gasteiger partial charge >= 0.3 is 0 Å². The molecule has 2 heterocycles. The first-order valence-corrected chi connectivity index (χ1v) is 19.6. The van der Waals surface area contributed by atoms with Gasteiger partial charge in [0.05, 0.1) is 0 Å². The van der Waals surface area contributed by atoms with E-state index in [0.29, 0.717) is 13.1 Å². The van der Waals surface area contributed by atoms with Crippen LogP contribution in [-0.4, -0.2) is 40.0 Å². The Morgan fingerprint density at radius 2 is 1.21 bits per heavy atom. The van der Waals surface area contributed by atoms with Crippen molar-refractivity contribution >= 4 is 22.4 Å². The fourth-order valence-electron chi connectivity index (χ4n) is 8.67. The minimum Gasteiger partial charge on any atom is -0.369 e. The van der Waals surface area contributed by atoms with Crippen molar-refractivity contribution in [3.8, 4) is 11.1 Å². The van der Waals surface area contributed by atoms with E-state index < -0.39 is 5.54 Å². The summed E-state index contributed by atoms with van der Waals surface area (Å²) in [6, 6.07) is 63.9. The fraction of sp³-hybridized carbons (Fsp3) is 0.137. The number of carbonyl (C=O) groups excluding carboxylic acids is 1. The Hall–Kier alpha value is -6.72. The van der Waals surface area contributed by atoms with E-state index in [1.54, 1.807) is 0 Å². The molecule has 7 aromatic carbocycles. The molecule has 0 N–H and O–H groups in total. The van der Waals surface area contributed by atoms with E-state index in [1.807, 2.05) is 41.4 Å². The maximum absolute atomic E-state index is 14.4. The number of hydrogen-bond donors (Lipinski definition) is 0. The molecule has 1 amide bonds. The zero-order chi connectivity index (χ0) is 37.7. The van der Waals surface area contributed by atoms with Crippen LogP contribution >= 0.6 is 0 Å². The maximum atomic E-state index is 14.4. The Morgan fingerprint density at radius 1 is 0.607 bits per heavy atom. The molecule has 0 atom stereocenters. The molecular weight excluding hydrogens is 685 g/mol. The van der Waals surface area contributed by atoms with Gasteiger partial charge in [-0.3, -0.25) is 4.79 Å². The Labute approximate surface area is 329 Å². The van der Waals surface area contributed by atoms with Crippen LogP contribution in [0.25, 0.3) is 21.9 Å². The molecule has 56 heavy (non-hydrogen) atoms. The highest BCUT2D eigenvalue weighted by Crippen LogP contribution is 2.42. The number of nitrogens with zero attached hydrogens (tertiary/aromatic N) is 4. The van der Waals surface area contributed by atoms with E-state index in [0.717, 1.165) is 59.2 Å². The summed E-state index contributed by atoms with van der Waals surface area (Å²) in [5.41, 5.74) is 8.37. The SMILES string of the molecule is O=C(c1cccc2ccccc12)N1CCN(CCCc2nccn2C(c2ccccc2)(c2ccccc2)c2ccccc2)c2ccc(-c3ccccc3)cc2C1. The third-order valence-corrected chi connectivity index (χ3v) is 11.3. The second-order valence-corrected chi connectivity index (χ2v) is 14.6. The predicted octanol–water partition coefficient (Wildman–Crippen LogP) is 10.6. The number of benzene rings is 7. The second kappa shape index (κ2) is 15.6. The standard InChI is InChI=1S/C51H44N4O/c56-50(47-28-15-20-40-19-13-14-27-46(40)47)54-36-35-53(48-31-30-41(37-42(48)38-54)39-17-5-1-6-18-39)33-16-29-49-52-32-34-55(49)51(43-21-7-2-8-22-43,44-23-9-3-10-24-44)45-25-11-4-12-26-45/h1-15,17-28,30-32,34,37H,16,29,33,35-36,38H2. The molecule has 0 spiro atoms. The number of anilines is 1. The molecule has 1 aliphatic rings. The molecule has 0 radical (unpaired) electrons. The van der Waals surface area contributed by atoms with Crippen LogP contribution in [0.4, 0.5) is 5.69 Å². The largest absolute Gasteiger partial charge is 0.369 e. The van der Waals surface area contributed by atoms with Gasteiger partial charge < -0.3 is 14.4 Å². The van der Waals surface area contributed by atoms with Gasteiger partial charge in [-0.05, 0) is 68.8 Å². The van der Waals surface area contributed by atoms with Gasteiger partial charge in [-0.15, -0.1) is 0 Å². The third kappa shape index (κ3) is 6.56. The number of fused-ring (bicyclic) bond motifs is 2. The Balaban J connectivity index is 1.04. The number of amides is 1.